The van der Waals surface area contributed by atoms with E-state index in [1.807, 2.05) is 52.0 Å². The number of carbonyl (C=O) groups excluding carboxylic acids is 1. The van der Waals surface area contributed by atoms with Crippen LogP contribution >= 0.6 is 0 Å². The molecule has 1 N–H and O–H groups in total. The van der Waals surface area contributed by atoms with Gasteiger partial charge >= 0.3 is 0 Å². The number of sulfonamides is 1. The van der Waals surface area contributed by atoms with Gasteiger partial charge in [-0.05, 0) is 68.1 Å². The van der Waals surface area contributed by atoms with Gasteiger partial charge in [0.05, 0.1) is 11.9 Å². The van der Waals surface area contributed by atoms with Gasteiger partial charge in [-0.1, -0.05) is 18.2 Å². The van der Waals surface area contributed by atoms with Crippen LogP contribution in [-0.4, -0.2) is 27.1 Å². The van der Waals surface area contributed by atoms with Gasteiger partial charge in [-0.2, -0.15) is 0 Å². The molecule has 1 amide bonds. The first-order chi connectivity index (χ1) is 11.6. The zero-order chi connectivity index (χ0) is 18.8. The molecule has 2 aromatic carbocycles. The zero-order valence-corrected chi connectivity index (χ0v) is 16.1. The number of hydrogen-bond donors (Lipinski definition) is 1. The molecular weight excluding hydrogens is 336 g/mol. The molecule has 134 valence electrons. The second-order valence-corrected chi connectivity index (χ2v) is 8.24. The SMILES string of the molecule is Cc1ccc(NC(=O)CN(c2cccc(C)c2C)S(C)(=O)=O)cc1C. The molecule has 0 atom stereocenters. The van der Waals surface area contributed by atoms with E-state index in [1.54, 1.807) is 12.1 Å². The molecule has 0 heterocycles. The summed E-state index contributed by atoms with van der Waals surface area (Å²) < 4.78 is 25.6. The molecule has 0 spiro atoms. The van der Waals surface area contributed by atoms with E-state index < -0.39 is 10.0 Å². The number of carbonyl (C=O) groups is 1. The van der Waals surface area contributed by atoms with Crippen molar-refractivity contribution in [2.24, 2.45) is 0 Å². The Morgan fingerprint density at radius 3 is 2.28 bits per heavy atom. The number of anilines is 2. The molecule has 0 aliphatic carbocycles. The lowest BCUT2D eigenvalue weighted by atomic mass is 10.1. The summed E-state index contributed by atoms with van der Waals surface area (Å²) in [6.45, 7) is 7.45. The minimum Gasteiger partial charge on any atom is -0.325 e. The summed E-state index contributed by atoms with van der Waals surface area (Å²) in [5, 5.41) is 2.77. The van der Waals surface area contributed by atoms with E-state index in [-0.39, 0.29) is 12.5 Å². The molecule has 0 bridgehead atoms. The maximum Gasteiger partial charge on any atom is 0.245 e. The van der Waals surface area contributed by atoms with Crippen LogP contribution in [0.1, 0.15) is 22.3 Å². The summed E-state index contributed by atoms with van der Waals surface area (Å²) in [7, 11) is -3.59. The Balaban J connectivity index is 2.27. The topological polar surface area (TPSA) is 66.5 Å². The first kappa shape index (κ1) is 19.0. The van der Waals surface area contributed by atoms with Crippen molar-refractivity contribution < 1.29 is 13.2 Å². The first-order valence-corrected chi connectivity index (χ1v) is 9.85. The molecule has 0 saturated heterocycles. The highest BCUT2D eigenvalue weighted by Gasteiger charge is 2.22. The lowest BCUT2D eigenvalue weighted by molar-refractivity contribution is -0.114. The van der Waals surface area contributed by atoms with Crippen LogP contribution in [0.3, 0.4) is 0 Å². The van der Waals surface area contributed by atoms with Gasteiger partial charge in [0, 0.05) is 5.69 Å². The van der Waals surface area contributed by atoms with Crippen LogP contribution in [0.5, 0.6) is 0 Å². The molecule has 2 aromatic rings. The lowest BCUT2D eigenvalue weighted by Crippen LogP contribution is -2.38. The highest BCUT2D eigenvalue weighted by molar-refractivity contribution is 7.92. The van der Waals surface area contributed by atoms with Crippen molar-refractivity contribution in [3.05, 3.63) is 58.7 Å². The quantitative estimate of drug-likeness (QED) is 0.889. The highest BCUT2D eigenvalue weighted by Crippen LogP contribution is 2.25. The van der Waals surface area contributed by atoms with E-state index >= 15 is 0 Å². The fourth-order valence-electron chi connectivity index (χ4n) is 2.54. The van der Waals surface area contributed by atoms with Crippen LogP contribution in [0, 0.1) is 27.7 Å². The predicted octanol–water partition coefficient (Wildman–Crippen LogP) is 3.32. The monoisotopic (exact) mass is 360 g/mol. The number of rotatable bonds is 5. The van der Waals surface area contributed by atoms with Gasteiger partial charge in [-0.25, -0.2) is 8.42 Å². The third kappa shape index (κ3) is 4.60. The number of amides is 1. The van der Waals surface area contributed by atoms with Crippen molar-refractivity contribution in [1.82, 2.24) is 0 Å². The van der Waals surface area contributed by atoms with E-state index in [2.05, 4.69) is 5.32 Å². The number of nitrogens with zero attached hydrogens (tertiary/aromatic N) is 1. The number of nitrogens with one attached hydrogen (secondary N) is 1. The second-order valence-electron chi connectivity index (χ2n) is 6.34. The Labute approximate surface area is 149 Å². The Hall–Kier alpha value is -2.34. The Morgan fingerprint density at radius 1 is 1.00 bits per heavy atom. The zero-order valence-electron chi connectivity index (χ0n) is 15.3. The maximum absolute atomic E-state index is 12.4. The van der Waals surface area contributed by atoms with Crippen molar-refractivity contribution in [2.45, 2.75) is 27.7 Å². The summed E-state index contributed by atoms with van der Waals surface area (Å²) in [6, 6.07) is 11.0. The summed E-state index contributed by atoms with van der Waals surface area (Å²) >= 11 is 0. The number of hydrogen-bond acceptors (Lipinski definition) is 3. The molecule has 0 saturated carbocycles. The van der Waals surface area contributed by atoms with E-state index in [1.165, 1.54) is 0 Å². The fraction of sp³-hybridized carbons (Fsp3) is 0.316. The van der Waals surface area contributed by atoms with Crippen LogP contribution in [0.4, 0.5) is 11.4 Å². The van der Waals surface area contributed by atoms with E-state index in [0.29, 0.717) is 11.4 Å². The molecule has 2 rings (SSSR count). The average Bonchev–Trinajstić information content (AvgIpc) is 2.51. The number of benzene rings is 2. The van der Waals surface area contributed by atoms with E-state index in [4.69, 9.17) is 0 Å². The Bertz CT molecular complexity index is 905. The van der Waals surface area contributed by atoms with Crippen molar-refractivity contribution >= 4 is 27.3 Å². The largest absolute Gasteiger partial charge is 0.325 e. The van der Waals surface area contributed by atoms with Gasteiger partial charge in [0.25, 0.3) is 0 Å². The van der Waals surface area contributed by atoms with E-state index in [9.17, 15) is 13.2 Å². The van der Waals surface area contributed by atoms with Gasteiger partial charge in [0.1, 0.15) is 6.54 Å². The molecule has 0 aliphatic rings. The normalized spacial score (nSPS) is 11.2. The van der Waals surface area contributed by atoms with Crippen LogP contribution in [-0.2, 0) is 14.8 Å². The van der Waals surface area contributed by atoms with Crippen molar-refractivity contribution in [2.75, 3.05) is 22.4 Å². The van der Waals surface area contributed by atoms with Gasteiger partial charge in [-0.15, -0.1) is 0 Å². The molecule has 0 aromatic heterocycles. The van der Waals surface area contributed by atoms with Gasteiger partial charge in [-0.3, -0.25) is 9.10 Å². The highest BCUT2D eigenvalue weighted by atomic mass is 32.2. The molecule has 0 aliphatic heterocycles. The third-order valence-corrected chi connectivity index (χ3v) is 5.45. The van der Waals surface area contributed by atoms with Gasteiger partial charge in [0.15, 0.2) is 0 Å². The van der Waals surface area contributed by atoms with Gasteiger partial charge < -0.3 is 5.32 Å². The molecule has 5 nitrogen and oxygen atoms in total. The number of aryl methyl sites for hydroxylation is 3. The molecule has 0 radical (unpaired) electrons. The Morgan fingerprint density at radius 2 is 1.68 bits per heavy atom. The van der Waals surface area contributed by atoms with Crippen molar-refractivity contribution in [3.63, 3.8) is 0 Å². The Kier molecular flexibility index (Phi) is 5.52. The first-order valence-electron chi connectivity index (χ1n) is 8.00. The minimum atomic E-state index is -3.59. The van der Waals surface area contributed by atoms with Crippen molar-refractivity contribution in [3.8, 4) is 0 Å². The van der Waals surface area contributed by atoms with Crippen LogP contribution in [0.15, 0.2) is 36.4 Å². The van der Waals surface area contributed by atoms with Crippen LogP contribution < -0.4 is 9.62 Å². The maximum atomic E-state index is 12.4. The van der Waals surface area contributed by atoms with Gasteiger partial charge in [0.2, 0.25) is 15.9 Å². The second kappa shape index (κ2) is 7.27. The standard InChI is InChI=1S/C19H24N2O3S/c1-13-9-10-17(11-15(13)3)20-19(22)12-21(25(5,23)24)18-8-6-7-14(2)16(18)4/h6-11H,12H2,1-5H3,(H,20,22). The smallest absolute Gasteiger partial charge is 0.245 e. The third-order valence-electron chi connectivity index (χ3n) is 4.32. The summed E-state index contributed by atoms with van der Waals surface area (Å²) in [6.07, 6.45) is 1.11. The predicted molar refractivity (Wildman–Crippen MR) is 103 cm³/mol. The molecule has 25 heavy (non-hydrogen) atoms. The summed E-state index contributed by atoms with van der Waals surface area (Å²) in [5.74, 6) is -0.380. The summed E-state index contributed by atoms with van der Waals surface area (Å²) in [5.41, 5.74) is 5.19. The fourth-order valence-corrected chi connectivity index (χ4v) is 3.44. The molecular formula is C19H24N2O3S. The van der Waals surface area contributed by atoms with Crippen LogP contribution in [0.25, 0.3) is 0 Å². The average molecular weight is 360 g/mol. The lowest BCUT2D eigenvalue weighted by Gasteiger charge is -2.24. The van der Waals surface area contributed by atoms with Crippen molar-refractivity contribution in [1.29, 1.82) is 0 Å². The molecule has 0 unspecified atom stereocenters. The van der Waals surface area contributed by atoms with Crippen LogP contribution in [0.2, 0.25) is 0 Å². The molecule has 0 fully saturated rings. The summed E-state index contributed by atoms with van der Waals surface area (Å²) in [4.78, 5) is 12.4. The molecule has 6 heteroatoms. The minimum absolute atomic E-state index is 0.268. The van der Waals surface area contributed by atoms with E-state index in [0.717, 1.165) is 32.8 Å².